The number of benzene rings is 2. The second-order valence-corrected chi connectivity index (χ2v) is 8.33. The van der Waals surface area contributed by atoms with Gasteiger partial charge in [0.15, 0.2) is 0 Å². The zero-order valence-electron chi connectivity index (χ0n) is 16.8. The van der Waals surface area contributed by atoms with E-state index >= 15 is 0 Å². The van der Waals surface area contributed by atoms with Crippen molar-refractivity contribution in [2.24, 2.45) is 0 Å². The summed E-state index contributed by atoms with van der Waals surface area (Å²) in [5.41, 5.74) is 2.32. The van der Waals surface area contributed by atoms with Crippen molar-refractivity contribution in [1.82, 2.24) is 4.90 Å². The van der Waals surface area contributed by atoms with E-state index in [-0.39, 0.29) is 11.8 Å². The van der Waals surface area contributed by atoms with Crippen molar-refractivity contribution in [3.05, 3.63) is 118 Å². The fourth-order valence-corrected chi connectivity index (χ4v) is 4.38. The molecular formula is C26H25NO2S. The summed E-state index contributed by atoms with van der Waals surface area (Å²) in [6.45, 7) is 1.17. The van der Waals surface area contributed by atoms with E-state index in [4.69, 9.17) is 4.42 Å². The minimum atomic E-state index is 0.0285. The van der Waals surface area contributed by atoms with Crippen molar-refractivity contribution in [2.75, 3.05) is 6.54 Å². The van der Waals surface area contributed by atoms with Crippen LogP contribution in [0.1, 0.15) is 34.1 Å². The first kappa shape index (κ1) is 20.2. The Morgan fingerprint density at radius 1 is 0.867 bits per heavy atom. The Labute approximate surface area is 181 Å². The molecule has 2 heterocycles. The molecule has 0 unspecified atom stereocenters. The van der Waals surface area contributed by atoms with E-state index in [0.29, 0.717) is 19.5 Å². The van der Waals surface area contributed by atoms with Gasteiger partial charge in [0.25, 0.3) is 0 Å². The highest BCUT2D eigenvalue weighted by Crippen LogP contribution is 2.29. The number of nitrogens with zero attached hydrogens (tertiary/aromatic N) is 1. The van der Waals surface area contributed by atoms with Crippen molar-refractivity contribution in [1.29, 1.82) is 0 Å². The maximum atomic E-state index is 13.5. The van der Waals surface area contributed by atoms with Crippen molar-refractivity contribution < 1.29 is 9.21 Å². The normalized spacial score (nSPS) is 11.0. The van der Waals surface area contributed by atoms with Crippen LogP contribution >= 0.6 is 11.3 Å². The van der Waals surface area contributed by atoms with Crippen LogP contribution in [0.4, 0.5) is 0 Å². The number of hydrogen-bond donors (Lipinski definition) is 0. The summed E-state index contributed by atoms with van der Waals surface area (Å²) in [6, 6.07) is 28.6. The molecule has 0 aliphatic carbocycles. The van der Waals surface area contributed by atoms with Gasteiger partial charge in [0.1, 0.15) is 5.76 Å². The molecule has 30 heavy (non-hydrogen) atoms. The lowest BCUT2D eigenvalue weighted by atomic mass is 9.88. The maximum absolute atomic E-state index is 13.5. The molecule has 0 spiro atoms. The molecule has 152 valence electrons. The molecule has 0 aliphatic heterocycles. The van der Waals surface area contributed by atoms with Crippen LogP contribution in [-0.2, 0) is 17.8 Å². The number of hydrogen-bond acceptors (Lipinski definition) is 3. The summed E-state index contributed by atoms with van der Waals surface area (Å²) in [5.74, 6) is 0.979. The number of carbonyl (C=O) groups excluding carboxylic acids is 1. The first-order chi connectivity index (χ1) is 14.8. The number of thiophene rings is 1. The summed E-state index contributed by atoms with van der Waals surface area (Å²) in [4.78, 5) is 16.7. The monoisotopic (exact) mass is 415 g/mol. The van der Waals surface area contributed by atoms with Gasteiger partial charge in [-0.1, -0.05) is 66.7 Å². The summed E-state index contributed by atoms with van der Waals surface area (Å²) in [5, 5.41) is 2.08. The zero-order valence-corrected chi connectivity index (χ0v) is 17.6. The Bertz CT molecular complexity index is 972. The van der Waals surface area contributed by atoms with Gasteiger partial charge >= 0.3 is 0 Å². The van der Waals surface area contributed by atoms with Crippen LogP contribution in [0.25, 0.3) is 0 Å². The third-order valence-electron chi connectivity index (χ3n) is 5.27. The average molecular weight is 416 g/mol. The Hall–Kier alpha value is -3.11. The third kappa shape index (κ3) is 5.28. The Morgan fingerprint density at radius 2 is 1.57 bits per heavy atom. The molecule has 4 rings (SSSR count). The van der Waals surface area contributed by atoms with E-state index in [1.54, 1.807) is 17.6 Å². The highest BCUT2D eigenvalue weighted by molar-refractivity contribution is 7.09. The quantitative estimate of drug-likeness (QED) is 0.329. The Morgan fingerprint density at radius 3 is 2.13 bits per heavy atom. The molecule has 0 atom stereocenters. The molecular weight excluding hydrogens is 390 g/mol. The van der Waals surface area contributed by atoms with E-state index in [1.165, 1.54) is 4.88 Å². The van der Waals surface area contributed by atoms with Gasteiger partial charge < -0.3 is 9.32 Å². The SMILES string of the molecule is O=C(CC(c1ccccc1)c1ccccc1)N(CCc1cccs1)Cc1ccco1. The van der Waals surface area contributed by atoms with Gasteiger partial charge in [-0.15, -0.1) is 11.3 Å². The van der Waals surface area contributed by atoms with Crippen molar-refractivity contribution in [3.63, 3.8) is 0 Å². The second kappa shape index (κ2) is 10.1. The molecule has 0 radical (unpaired) electrons. The van der Waals surface area contributed by atoms with E-state index in [2.05, 4.69) is 41.8 Å². The standard InChI is InChI=1S/C26H25NO2S/c28-26(19-25(21-9-3-1-4-10-21)22-11-5-2-6-12-22)27(20-23-13-7-17-29-23)16-15-24-14-8-18-30-24/h1-14,17-18,25H,15-16,19-20H2. The van der Waals surface area contributed by atoms with Crippen molar-refractivity contribution in [3.8, 4) is 0 Å². The number of furan rings is 1. The number of amides is 1. The van der Waals surface area contributed by atoms with Crippen LogP contribution in [0, 0.1) is 0 Å². The second-order valence-electron chi connectivity index (χ2n) is 7.30. The van der Waals surface area contributed by atoms with Gasteiger partial charge in [-0.2, -0.15) is 0 Å². The van der Waals surface area contributed by atoms with Crippen LogP contribution in [0.15, 0.2) is 101 Å². The summed E-state index contributed by atoms with van der Waals surface area (Å²) in [6.07, 6.45) is 2.94. The lowest BCUT2D eigenvalue weighted by Gasteiger charge is -2.25. The van der Waals surface area contributed by atoms with Gasteiger partial charge in [0.2, 0.25) is 5.91 Å². The van der Waals surface area contributed by atoms with Gasteiger partial charge in [-0.05, 0) is 41.1 Å². The molecule has 0 aliphatic rings. The Balaban J connectivity index is 1.55. The number of carbonyl (C=O) groups is 1. The Kier molecular flexibility index (Phi) is 6.78. The van der Waals surface area contributed by atoms with Crippen molar-refractivity contribution >= 4 is 17.2 Å². The summed E-state index contributed by atoms with van der Waals surface area (Å²) in [7, 11) is 0. The van der Waals surface area contributed by atoms with Crippen LogP contribution in [0.2, 0.25) is 0 Å². The van der Waals surface area contributed by atoms with E-state index in [1.807, 2.05) is 53.4 Å². The lowest BCUT2D eigenvalue weighted by Crippen LogP contribution is -2.33. The molecule has 4 aromatic rings. The predicted octanol–water partition coefficient (Wildman–Crippen LogP) is 6.13. The minimum Gasteiger partial charge on any atom is -0.467 e. The molecule has 1 amide bonds. The maximum Gasteiger partial charge on any atom is 0.223 e. The molecule has 0 N–H and O–H groups in total. The van der Waals surface area contributed by atoms with E-state index < -0.39 is 0 Å². The first-order valence-electron chi connectivity index (χ1n) is 10.2. The molecule has 2 aromatic carbocycles. The molecule has 0 fully saturated rings. The minimum absolute atomic E-state index is 0.0285. The predicted molar refractivity (Wildman–Crippen MR) is 121 cm³/mol. The van der Waals surface area contributed by atoms with E-state index in [9.17, 15) is 4.79 Å². The van der Waals surface area contributed by atoms with Gasteiger partial charge in [0.05, 0.1) is 12.8 Å². The molecule has 0 bridgehead atoms. The average Bonchev–Trinajstić information content (AvgIpc) is 3.50. The van der Waals surface area contributed by atoms with Crippen LogP contribution < -0.4 is 0 Å². The third-order valence-corrected chi connectivity index (χ3v) is 6.21. The van der Waals surface area contributed by atoms with Crippen LogP contribution in [0.3, 0.4) is 0 Å². The topological polar surface area (TPSA) is 33.5 Å². The lowest BCUT2D eigenvalue weighted by molar-refractivity contribution is -0.132. The molecule has 2 aromatic heterocycles. The van der Waals surface area contributed by atoms with Crippen molar-refractivity contribution in [2.45, 2.75) is 25.3 Å². The van der Waals surface area contributed by atoms with Gasteiger partial charge in [-0.3, -0.25) is 4.79 Å². The highest BCUT2D eigenvalue weighted by atomic mass is 32.1. The number of rotatable bonds is 9. The smallest absolute Gasteiger partial charge is 0.223 e. The largest absolute Gasteiger partial charge is 0.467 e. The van der Waals surface area contributed by atoms with E-state index in [0.717, 1.165) is 23.3 Å². The molecule has 4 heteroatoms. The fraction of sp³-hybridized carbons (Fsp3) is 0.192. The molecule has 3 nitrogen and oxygen atoms in total. The van der Waals surface area contributed by atoms with Gasteiger partial charge in [-0.25, -0.2) is 0 Å². The zero-order chi connectivity index (χ0) is 20.6. The highest BCUT2D eigenvalue weighted by Gasteiger charge is 2.23. The van der Waals surface area contributed by atoms with Crippen LogP contribution in [0.5, 0.6) is 0 Å². The fourth-order valence-electron chi connectivity index (χ4n) is 3.69. The van der Waals surface area contributed by atoms with Crippen LogP contribution in [-0.4, -0.2) is 17.4 Å². The molecule has 0 saturated carbocycles. The summed E-state index contributed by atoms with van der Waals surface area (Å²) >= 11 is 1.73. The van der Waals surface area contributed by atoms with Gasteiger partial charge in [0, 0.05) is 23.8 Å². The molecule has 0 saturated heterocycles. The first-order valence-corrected chi connectivity index (χ1v) is 11.1. The summed E-state index contributed by atoms with van der Waals surface area (Å²) < 4.78 is 5.53.